The Labute approximate surface area is 164 Å². The SMILES string of the molecule is CCc1cccc(Oc2nc(-c3ccccc3)ncc2C(=O)NCCOC)c1. The third kappa shape index (κ3) is 4.92. The van der Waals surface area contributed by atoms with Gasteiger partial charge < -0.3 is 14.8 Å². The third-order valence-electron chi connectivity index (χ3n) is 4.14. The number of hydrogen-bond donors (Lipinski definition) is 1. The van der Waals surface area contributed by atoms with Crippen molar-refractivity contribution in [3.05, 3.63) is 71.9 Å². The lowest BCUT2D eigenvalue weighted by Crippen LogP contribution is -2.27. The number of nitrogens with zero attached hydrogens (tertiary/aromatic N) is 2. The molecule has 0 saturated carbocycles. The second-order valence-electron chi connectivity index (χ2n) is 6.13. The molecule has 1 amide bonds. The molecule has 1 heterocycles. The highest BCUT2D eigenvalue weighted by atomic mass is 16.5. The second kappa shape index (κ2) is 9.62. The average molecular weight is 377 g/mol. The molecule has 1 N–H and O–H groups in total. The Morgan fingerprint density at radius 2 is 1.93 bits per heavy atom. The summed E-state index contributed by atoms with van der Waals surface area (Å²) in [5, 5.41) is 2.78. The summed E-state index contributed by atoms with van der Waals surface area (Å²) in [6.45, 7) is 2.88. The Hall–Kier alpha value is -3.25. The first-order chi connectivity index (χ1) is 13.7. The van der Waals surface area contributed by atoms with Gasteiger partial charge in [-0.1, -0.05) is 49.4 Å². The largest absolute Gasteiger partial charge is 0.438 e. The summed E-state index contributed by atoms with van der Waals surface area (Å²) in [4.78, 5) is 21.4. The fourth-order valence-electron chi connectivity index (χ4n) is 2.63. The van der Waals surface area contributed by atoms with Crippen molar-refractivity contribution in [2.45, 2.75) is 13.3 Å². The minimum atomic E-state index is -0.307. The van der Waals surface area contributed by atoms with E-state index < -0.39 is 0 Å². The number of aromatic nitrogens is 2. The zero-order valence-electron chi connectivity index (χ0n) is 16.0. The number of hydrogen-bond acceptors (Lipinski definition) is 5. The number of carbonyl (C=O) groups is 1. The van der Waals surface area contributed by atoms with Gasteiger partial charge in [-0.15, -0.1) is 0 Å². The summed E-state index contributed by atoms with van der Waals surface area (Å²) in [6.07, 6.45) is 2.39. The highest BCUT2D eigenvalue weighted by molar-refractivity contribution is 5.96. The van der Waals surface area contributed by atoms with Crippen LogP contribution in [0, 0.1) is 0 Å². The van der Waals surface area contributed by atoms with E-state index >= 15 is 0 Å². The van der Waals surface area contributed by atoms with Crippen molar-refractivity contribution in [1.29, 1.82) is 0 Å². The van der Waals surface area contributed by atoms with E-state index in [-0.39, 0.29) is 17.4 Å². The van der Waals surface area contributed by atoms with Crippen molar-refractivity contribution in [1.82, 2.24) is 15.3 Å². The summed E-state index contributed by atoms with van der Waals surface area (Å²) in [7, 11) is 1.58. The molecular weight excluding hydrogens is 354 g/mol. The lowest BCUT2D eigenvalue weighted by molar-refractivity contribution is 0.0933. The van der Waals surface area contributed by atoms with Crippen molar-refractivity contribution in [2.24, 2.45) is 0 Å². The summed E-state index contributed by atoms with van der Waals surface area (Å²) < 4.78 is 11.0. The van der Waals surface area contributed by atoms with Crippen molar-refractivity contribution in [2.75, 3.05) is 20.3 Å². The molecule has 0 unspecified atom stereocenters. The molecule has 0 spiro atoms. The number of aryl methyl sites for hydroxylation is 1. The van der Waals surface area contributed by atoms with Crippen LogP contribution in [-0.2, 0) is 11.2 Å². The predicted molar refractivity (Wildman–Crippen MR) is 108 cm³/mol. The lowest BCUT2D eigenvalue weighted by atomic mass is 10.2. The highest BCUT2D eigenvalue weighted by Crippen LogP contribution is 2.26. The van der Waals surface area contributed by atoms with E-state index in [4.69, 9.17) is 9.47 Å². The molecule has 0 bridgehead atoms. The van der Waals surface area contributed by atoms with Gasteiger partial charge in [0.1, 0.15) is 11.3 Å². The van der Waals surface area contributed by atoms with Crippen LogP contribution in [0.25, 0.3) is 11.4 Å². The Kier molecular flexibility index (Phi) is 6.70. The molecule has 28 heavy (non-hydrogen) atoms. The minimum absolute atomic E-state index is 0.219. The van der Waals surface area contributed by atoms with Crippen LogP contribution in [0.2, 0.25) is 0 Å². The molecule has 0 atom stereocenters. The first-order valence-electron chi connectivity index (χ1n) is 9.17. The fraction of sp³-hybridized carbons (Fsp3) is 0.227. The molecule has 3 aromatic rings. The molecule has 0 aliphatic carbocycles. The normalized spacial score (nSPS) is 10.5. The summed E-state index contributed by atoms with van der Waals surface area (Å²) in [5.41, 5.74) is 2.26. The Bertz CT molecular complexity index is 929. The number of benzene rings is 2. The molecular formula is C22H23N3O3. The molecule has 6 heteroatoms. The zero-order chi connectivity index (χ0) is 19.8. The predicted octanol–water partition coefficient (Wildman–Crippen LogP) is 3.87. The highest BCUT2D eigenvalue weighted by Gasteiger charge is 2.17. The molecule has 3 rings (SSSR count). The molecule has 1 aromatic heterocycles. The van der Waals surface area contributed by atoms with Crippen molar-refractivity contribution in [3.8, 4) is 23.0 Å². The fourth-order valence-corrected chi connectivity index (χ4v) is 2.63. The van der Waals surface area contributed by atoms with Crippen LogP contribution in [0.15, 0.2) is 60.8 Å². The Morgan fingerprint density at radius 3 is 2.68 bits per heavy atom. The molecule has 144 valence electrons. The van der Waals surface area contributed by atoms with E-state index in [9.17, 15) is 4.79 Å². The van der Waals surface area contributed by atoms with Crippen LogP contribution in [0.1, 0.15) is 22.8 Å². The standard InChI is InChI=1S/C22H23N3O3/c1-3-16-8-7-11-18(14-16)28-22-19(21(26)23-12-13-27-2)15-24-20(25-22)17-9-5-4-6-10-17/h4-11,14-15H,3,12-13H2,1-2H3,(H,23,26). The maximum Gasteiger partial charge on any atom is 0.258 e. The number of nitrogens with one attached hydrogen (secondary N) is 1. The second-order valence-corrected chi connectivity index (χ2v) is 6.13. The van der Waals surface area contributed by atoms with Gasteiger partial charge >= 0.3 is 0 Å². The zero-order valence-corrected chi connectivity index (χ0v) is 16.0. The molecule has 0 saturated heterocycles. The first-order valence-corrected chi connectivity index (χ1v) is 9.17. The van der Waals surface area contributed by atoms with Gasteiger partial charge in [0.15, 0.2) is 5.82 Å². The summed E-state index contributed by atoms with van der Waals surface area (Å²) in [6, 6.07) is 17.3. The van der Waals surface area contributed by atoms with E-state index in [0.29, 0.717) is 24.7 Å². The lowest BCUT2D eigenvalue weighted by Gasteiger charge is -2.12. The number of carbonyl (C=O) groups excluding carboxylic acids is 1. The van der Waals surface area contributed by atoms with Crippen LogP contribution in [0.4, 0.5) is 0 Å². The molecule has 0 aliphatic heterocycles. The minimum Gasteiger partial charge on any atom is -0.438 e. The summed E-state index contributed by atoms with van der Waals surface area (Å²) >= 11 is 0. The number of methoxy groups -OCH3 is 1. The monoisotopic (exact) mass is 377 g/mol. The van der Waals surface area contributed by atoms with E-state index in [1.54, 1.807) is 7.11 Å². The molecule has 0 aliphatic rings. The Morgan fingerprint density at radius 1 is 1.11 bits per heavy atom. The molecule has 0 radical (unpaired) electrons. The molecule has 0 fully saturated rings. The van der Waals surface area contributed by atoms with Crippen LogP contribution >= 0.6 is 0 Å². The van der Waals surface area contributed by atoms with E-state index in [1.807, 2.05) is 54.6 Å². The van der Waals surface area contributed by atoms with Crippen LogP contribution in [0.3, 0.4) is 0 Å². The van der Waals surface area contributed by atoms with Gasteiger partial charge in [0.25, 0.3) is 5.91 Å². The van der Waals surface area contributed by atoms with Crippen LogP contribution in [0.5, 0.6) is 11.6 Å². The maximum atomic E-state index is 12.6. The summed E-state index contributed by atoms with van der Waals surface area (Å²) in [5.74, 6) is 1.04. The average Bonchev–Trinajstić information content (AvgIpc) is 2.74. The van der Waals surface area contributed by atoms with Gasteiger partial charge in [0, 0.05) is 25.4 Å². The van der Waals surface area contributed by atoms with Gasteiger partial charge in [0.2, 0.25) is 5.88 Å². The van der Waals surface area contributed by atoms with Crippen molar-refractivity contribution in [3.63, 3.8) is 0 Å². The van der Waals surface area contributed by atoms with Crippen molar-refractivity contribution < 1.29 is 14.3 Å². The van der Waals surface area contributed by atoms with Gasteiger partial charge in [-0.2, -0.15) is 4.98 Å². The van der Waals surface area contributed by atoms with Gasteiger partial charge in [0.05, 0.1) is 6.61 Å². The van der Waals surface area contributed by atoms with Gasteiger partial charge in [-0.3, -0.25) is 4.79 Å². The van der Waals surface area contributed by atoms with Gasteiger partial charge in [-0.05, 0) is 24.1 Å². The maximum absolute atomic E-state index is 12.6. The molecule has 6 nitrogen and oxygen atoms in total. The van der Waals surface area contributed by atoms with Crippen LogP contribution < -0.4 is 10.1 Å². The number of rotatable bonds is 8. The molecule has 2 aromatic carbocycles. The van der Waals surface area contributed by atoms with Crippen molar-refractivity contribution >= 4 is 5.91 Å². The smallest absolute Gasteiger partial charge is 0.258 e. The van der Waals surface area contributed by atoms with Gasteiger partial charge in [-0.25, -0.2) is 4.98 Å². The topological polar surface area (TPSA) is 73.3 Å². The first kappa shape index (κ1) is 19.5. The number of ether oxygens (including phenoxy) is 2. The Balaban J connectivity index is 1.95. The van der Waals surface area contributed by atoms with Crippen LogP contribution in [-0.4, -0.2) is 36.1 Å². The quantitative estimate of drug-likeness (QED) is 0.603. The van der Waals surface area contributed by atoms with E-state index in [2.05, 4.69) is 22.2 Å². The van der Waals surface area contributed by atoms with E-state index in [1.165, 1.54) is 6.20 Å². The van der Waals surface area contributed by atoms with E-state index in [0.717, 1.165) is 17.5 Å². The number of amides is 1. The third-order valence-corrected chi connectivity index (χ3v) is 4.14.